The molecule has 0 saturated heterocycles. The van der Waals surface area contributed by atoms with Crippen LogP contribution >= 0.6 is 0 Å². The topological polar surface area (TPSA) is 30.9 Å². The molecule has 2 nitrogen and oxygen atoms in total. The summed E-state index contributed by atoms with van der Waals surface area (Å²) < 4.78 is 2.47. The van der Waals surface area contributed by atoms with Gasteiger partial charge in [-0.1, -0.05) is 25.7 Å². The monoisotopic (exact) mass is 206 g/mol. The van der Waals surface area contributed by atoms with Crippen LogP contribution in [-0.4, -0.2) is 11.1 Å². The maximum atomic E-state index is 5.64. The van der Waals surface area contributed by atoms with Crippen molar-refractivity contribution in [3.8, 4) is 0 Å². The Morgan fingerprint density at radius 3 is 2.60 bits per heavy atom. The number of nitrogens with zero attached hydrogens (tertiary/aromatic N) is 1. The van der Waals surface area contributed by atoms with Crippen molar-refractivity contribution in [3.05, 3.63) is 24.0 Å². The average Bonchev–Trinajstić information content (AvgIpc) is 2.53. The standard InChI is InChI=1S/C13H22N2/c14-10-9-13-8-5-11-15(13)12-6-3-1-2-4-7-12/h5,8,11-12H,1-4,6-7,9-10,14H2. The van der Waals surface area contributed by atoms with Gasteiger partial charge in [-0.05, 0) is 37.9 Å². The maximum absolute atomic E-state index is 5.64. The maximum Gasteiger partial charge on any atom is 0.0333 e. The Bertz CT molecular complexity index is 282. The number of nitrogens with two attached hydrogens (primary N) is 1. The third-order valence-electron chi connectivity index (χ3n) is 3.49. The van der Waals surface area contributed by atoms with Gasteiger partial charge in [-0.3, -0.25) is 0 Å². The van der Waals surface area contributed by atoms with Gasteiger partial charge in [0.15, 0.2) is 0 Å². The minimum absolute atomic E-state index is 0.740. The van der Waals surface area contributed by atoms with E-state index in [1.807, 2.05) is 0 Å². The van der Waals surface area contributed by atoms with Crippen LogP contribution in [0.1, 0.15) is 50.3 Å². The minimum atomic E-state index is 0.740. The number of aromatic nitrogens is 1. The molecule has 0 spiro atoms. The predicted octanol–water partition coefficient (Wildman–Crippen LogP) is 2.88. The van der Waals surface area contributed by atoms with Gasteiger partial charge in [-0.25, -0.2) is 0 Å². The van der Waals surface area contributed by atoms with E-state index in [-0.39, 0.29) is 0 Å². The van der Waals surface area contributed by atoms with Gasteiger partial charge in [0.1, 0.15) is 0 Å². The highest BCUT2D eigenvalue weighted by atomic mass is 15.0. The van der Waals surface area contributed by atoms with Crippen LogP contribution in [0.4, 0.5) is 0 Å². The summed E-state index contributed by atoms with van der Waals surface area (Å²) in [5, 5.41) is 0. The first-order chi connectivity index (χ1) is 7.42. The van der Waals surface area contributed by atoms with Crippen molar-refractivity contribution < 1.29 is 0 Å². The zero-order valence-corrected chi connectivity index (χ0v) is 9.49. The van der Waals surface area contributed by atoms with Crippen LogP contribution < -0.4 is 5.73 Å². The van der Waals surface area contributed by atoms with Gasteiger partial charge < -0.3 is 10.3 Å². The van der Waals surface area contributed by atoms with Crippen molar-refractivity contribution in [3.63, 3.8) is 0 Å². The Balaban J connectivity index is 2.08. The molecule has 1 fully saturated rings. The molecule has 1 aliphatic carbocycles. The van der Waals surface area contributed by atoms with Crippen molar-refractivity contribution in [1.29, 1.82) is 0 Å². The quantitative estimate of drug-likeness (QED) is 0.757. The summed E-state index contributed by atoms with van der Waals surface area (Å²) in [6.45, 7) is 0.761. The number of rotatable bonds is 3. The fraction of sp³-hybridized carbons (Fsp3) is 0.692. The summed E-state index contributed by atoms with van der Waals surface area (Å²) in [5.41, 5.74) is 7.06. The van der Waals surface area contributed by atoms with E-state index in [4.69, 9.17) is 5.73 Å². The molecule has 2 N–H and O–H groups in total. The Morgan fingerprint density at radius 1 is 1.20 bits per heavy atom. The van der Waals surface area contributed by atoms with Crippen LogP contribution in [-0.2, 0) is 6.42 Å². The molecule has 15 heavy (non-hydrogen) atoms. The van der Waals surface area contributed by atoms with Crippen LogP contribution in [0.3, 0.4) is 0 Å². The van der Waals surface area contributed by atoms with Crippen LogP contribution in [0.15, 0.2) is 18.3 Å². The summed E-state index contributed by atoms with van der Waals surface area (Å²) in [6, 6.07) is 5.12. The third-order valence-corrected chi connectivity index (χ3v) is 3.49. The largest absolute Gasteiger partial charge is 0.348 e. The SMILES string of the molecule is NCCc1cccn1C1CCCCCC1. The number of hydrogen-bond donors (Lipinski definition) is 1. The van der Waals surface area contributed by atoms with Crippen LogP contribution in [0.2, 0.25) is 0 Å². The van der Waals surface area contributed by atoms with Gasteiger partial charge in [0.05, 0.1) is 0 Å². The fourth-order valence-corrected chi connectivity index (χ4v) is 2.68. The van der Waals surface area contributed by atoms with Gasteiger partial charge >= 0.3 is 0 Å². The first-order valence-corrected chi connectivity index (χ1v) is 6.27. The fourth-order valence-electron chi connectivity index (χ4n) is 2.68. The molecule has 1 aliphatic rings. The van der Waals surface area contributed by atoms with Gasteiger partial charge in [0, 0.05) is 17.9 Å². The van der Waals surface area contributed by atoms with Gasteiger partial charge in [0.2, 0.25) is 0 Å². The highest BCUT2D eigenvalue weighted by Gasteiger charge is 2.15. The van der Waals surface area contributed by atoms with Crippen molar-refractivity contribution in [2.75, 3.05) is 6.54 Å². The van der Waals surface area contributed by atoms with E-state index in [9.17, 15) is 0 Å². The molecular weight excluding hydrogens is 184 g/mol. The van der Waals surface area contributed by atoms with E-state index in [2.05, 4.69) is 22.9 Å². The zero-order valence-electron chi connectivity index (χ0n) is 9.49. The summed E-state index contributed by atoms with van der Waals surface area (Å²) >= 11 is 0. The first kappa shape index (κ1) is 10.7. The molecule has 0 aliphatic heterocycles. The van der Waals surface area contributed by atoms with Gasteiger partial charge in [-0.15, -0.1) is 0 Å². The lowest BCUT2D eigenvalue weighted by Crippen LogP contribution is -2.13. The summed E-state index contributed by atoms with van der Waals surface area (Å²) in [5.74, 6) is 0. The molecule has 1 saturated carbocycles. The smallest absolute Gasteiger partial charge is 0.0333 e. The molecule has 0 bridgehead atoms. The molecule has 0 amide bonds. The lowest BCUT2D eigenvalue weighted by atomic mass is 10.1. The Labute approximate surface area is 92.5 Å². The van der Waals surface area contributed by atoms with E-state index in [0.29, 0.717) is 0 Å². The Morgan fingerprint density at radius 2 is 1.93 bits per heavy atom. The first-order valence-electron chi connectivity index (χ1n) is 6.27. The minimum Gasteiger partial charge on any atom is -0.348 e. The third kappa shape index (κ3) is 2.63. The van der Waals surface area contributed by atoms with Crippen LogP contribution in [0, 0.1) is 0 Å². The Kier molecular flexibility index (Phi) is 3.84. The van der Waals surface area contributed by atoms with Gasteiger partial charge in [-0.2, -0.15) is 0 Å². The van der Waals surface area contributed by atoms with Gasteiger partial charge in [0.25, 0.3) is 0 Å². The van der Waals surface area contributed by atoms with E-state index in [1.54, 1.807) is 0 Å². The van der Waals surface area contributed by atoms with Crippen molar-refractivity contribution >= 4 is 0 Å². The van der Waals surface area contributed by atoms with Crippen LogP contribution in [0.25, 0.3) is 0 Å². The normalized spacial score (nSPS) is 19.0. The van der Waals surface area contributed by atoms with Crippen molar-refractivity contribution in [2.45, 2.75) is 51.0 Å². The van der Waals surface area contributed by atoms with Crippen molar-refractivity contribution in [1.82, 2.24) is 4.57 Å². The molecule has 84 valence electrons. The summed E-state index contributed by atoms with van der Waals surface area (Å²) in [7, 11) is 0. The lowest BCUT2D eigenvalue weighted by molar-refractivity contribution is 0.433. The lowest BCUT2D eigenvalue weighted by Gasteiger charge is -2.19. The second kappa shape index (κ2) is 5.36. The summed E-state index contributed by atoms with van der Waals surface area (Å²) in [6.07, 6.45) is 11.6. The second-order valence-corrected chi connectivity index (χ2v) is 4.59. The summed E-state index contributed by atoms with van der Waals surface area (Å²) in [4.78, 5) is 0. The molecule has 0 radical (unpaired) electrons. The molecule has 0 atom stereocenters. The molecule has 2 rings (SSSR count). The molecule has 0 aromatic carbocycles. The Hall–Kier alpha value is -0.760. The highest BCUT2D eigenvalue weighted by molar-refractivity contribution is 5.09. The van der Waals surface area contributed by atoms with E-state index in [0.717, 1.165) is 19.0 Å². The molecule has 0 unspecified atom stereocenters. The van der Waals surface area contributed by atoms with E-state index < -0.39 is 0 Å². The number of hydrogen-bond acceptors (Lipinski definition) is 1. The van der Waals surface area contributed by atoms with E-state index in [1.165, 1.54) is 44.2 Å². The molecule has 2 heteroatoms. The molecular formula is C13H22N2. The average molecular weight is 206 g/mol. The molecule has 1 aromatic rings. The zero-order chi connectivity index (χ0) is 10.5. The van der Waals surface area contributed by atoms with Crippen LogP contribution in [0.5, 0.6) is 0 Å². The molecule has 1 heterocycles. The van der Waals surface area contributed by atoms with Crippen molar-refractivity contribution in [2.24, 2.45) is 5.73 Å². The second-order valence-electron chi connectivity index (χ2n) is 4.59. The highest BCUT2D eigenvalue weighted by Crippen LogP contribution is 2.28. The molecule has 1 aromatic heterocycles. The predicted molar refractivity (Wildman–Crippen MR) is 63.9 cm³/mol. The van der Waals surface area contributed by atoms with E-state index >= 15 is 0 Å².